The molecule has 0 fully saturated rings. The number of amides is 1. The van der Waals surface area contributed by atoms with E-state index in [0.717, 1.165) is 0 Å². The van der Waals surface area contributed by atoms with Gasteiger partial charge in [-0.25, -0.2) is 4.79 Å². The number of nitrogens with two attached hydrogens (primary N) is 1. The topological polar surface area (TPSA) is 130 Å². The number of hydrogen-bond donors (Lipinski definition) is 4. The molecule has 0 aliphatic heterocycles. The summed E-state index contributed by atoms with van der Waals surface area (Å²) >= 11 is 12.0. The molecule has 5 N–H and O–H groups in total. The number of nitrogens with one attached hydrogen (secondary N) is 3. The van der Waals surface area contributed by atoms with E-state index >= 15 is 0 Å². The molecule has 0 aliphatic carbocycles. The van der Waals surface area contributed by atoms with E-state index < -0.39 is 23.2 Å². The molecule has 24 heavy (non-hydrogen) atoms. The predicted octanol–water partition coefficient (Wildman–Crippen LogP) is 1.15. The van der Waals surface area contributed by atoms with Gasteiger partial charge in [0.1, 0.15) is 18.0 Å². The Morgan fingerprint density at radius 1 is 1.29 bits per heavy atom. The second kappa shape index (κ2) is 7.41. The molecule has 1 amide bonds. The van der Waals surface area contributed by atoms with Gasteiger partial charge in [-0.05, 0) is 19.1 Å². The number of nitrogen functional groups attached to an aromatic ring is 1. The van der Waals surface area contributed by atoms with Crippen LogP contribution in [0, 0.1) is 0 Å². The molecule has 8 nitrogen and oxygen atoms in total. The van der Waals surface area contributed by atoms with Crippen LogP contribution in [-0.4, -0.2) is 28.5 Å². The lowest BCUT2D eigenvalue weighted by atomic mass is 10.3. The first-order chi connectivity index (χ1) is 11.3. The summed E-state index contributed by atoms with van der Waals surface area (Å²) in [5.74, 6) is -0.414. The van der Waals surface area contributed by atoms with Crippen molar-refractivity contribution in [3.05, 3.63) is 54.8 Å². The number of aromatic nitrogens is 2. The van der Waals surface area contributed by atoms with Crippen LogP contribution in [0.2, 0.25) is 10.0 Å². The van der Waals surface area contributed by atoms with Gasteiger partial charge in [-0.15, -0.1) is 0 Å². The van der Waals surface area contributed by atoms with Crippen LogP contribution in [0.15, 0.2) is 27.8 Å². The molecule has 1 atom stereocenters. The molecule has 0 radical (unpaired) electrons. The van der Waals surface area contributed by atoms with E-state index in [1.165, 1.54) is 0 Å². The summed E-state index contributed by atoms with van der Waals surface area (Å²) in [7, 11) is 0. The number of benzene rings is 1. The summed E-state index contributed by atoms with van der Waals surface area (Å²) in [4.78, 5) is 38.8. The fourth-order valence-electron chi connectivity index (χ4n) is 1.84. The van der Waals surface area contributed by atoms with E-state index in [-0.39, 0.29) is 18.0 Å². The lowest BCUT2D eigenvalue weighted by Crippen LogP contribution is -2.40. The SMILES string of the molecule is CC(COc1c(Cl)cccc1Cl)NC(=O)c1[nH]c(=O)[nH]c(=O)c1N. The third-order valence-corrected chi connectivity index (χ3v) is 3.58. The van der Waals surface area contributed by atoms with E-state index in [0.29, 0.717) is 15.8 Å². The number of carbonyl (C=O) groups excluding carboxylic acids is 1. The minimum absolute atomic E-state index is 0.0581. The zero-order valence-electron chi connectivity index (χ0n) is 12.5. The van der Waals surface area contributed by atoms with Gasteiger partial charge in [0, 0.05) is 0 Å². The average Bonchev–Trinajstić information content (AvgIpc) is 2.50. The predicted molar refractivity (Wildman–Crippen MR) is 91.0 cm³/mol. The van der Waals surface area contributed by atoms with Gasteiger partial charge in [0.15, 0.2) is 5.75 Å². The van der Waals surface area contributed by atoms with Crippen molar-refractivity contribution in [2.24, 2.45) is 0 Å². The molecule has 1 aromatic carbocycles. The van der Waals surface area contributed by atoms with Gasteiger partial charge in [-0.3, -0.25) is 14.6 Å². The van der Waals surface area contributed by atoms with Crippen LogP contribution < -0.4 is 27.0 Å². The molecule has 10 heteroatoms. The van der Waals surface area contributed by atoms with E-state index in [1.54, 1.807) is 25.1 Å². The maximum Gasteiger partial charge on any atom is 0.326 e. The van der Waals surface area contributed by atoms with Gasteiger partial charge in [0.2, 0.25) is 0 Å². The summed E-state index contributed by atoms with van der Waals surface area (Å²) < 4.78 is 5.49. The Labute approximate surface area is 145 Å². The van der Waals surface area contributed by atoms with Crippen LogP contribution in [0.5, 0.6) is 5.75 Å². The molecule has 1 aromatic heterocycles. The zero-order chi connectivity index (χ0) is 17.9. The maximum absolute atomic E-state index is 12.1. The first-order valence-electron chi connectivity index (χ1n) is 6.79. The molecule has 1 unspecified atom stereocenters. The Morgan fingerprint density at radius 2 is 1.92 bits per heavy atom. The van der Waals surface area contributed by atoms with Crippen LogP contribution in [0.3, 0.4) is 0 Å². The Kier molecular flexibility index (Phi) is 5.53. The van der Waals surface area contributed by atoms with Crippen molar-refractivity contribution in [2.45, 2.75) is 13.0 Å². The molecule has 2 rings (SSSR count). The number of aromatic amines is 2. The summed E-state index contributed by atoms with van der Waals surface area (Å²) in [6.07, 6.45) is 0. The van der Waals surface area contributed by atoms with Crippen LogP contribution in [0.1, 0.15) is 17.4 Å². The molecule has 0 saturated heterocycles. The number of carbonyl (C=O) groups is 1. The summed E-state index contributed by atoms with van der Waals surface area (Å²) in [6, 6.07) is 4.43. The molecular weight excluding hydrogens is 359 g/mol. The molecule has 0 spiro atoms. The Hall–Kier alpha value is -2.45. The van der Waals surface area contributed by atoms with Crippen molar-refractivity contribution < 1.29 is 9.53 Å². The molecule has 0 bridgehead atoms. The highest BCUT2D eigenvalue weighted by molar-refractivity contribution is 6.37. The molecule has 2 aromatic rings. The van der Waals surface area contributed by atoms with Gasteiger partial charge in [0.25, 0.3) is 11.5 Å². The Bertz CT molecular complexity index is 858. The summed E-state index contributed by atoms with van der Waals surface area (Å²) in [5, 5.41) is 3.22. The standard InChI is InChI=1S/C14H14Cl2N4O4/c1-6(5-24-11-7(15)3-2-4-8(11)16)18-13(22)10-9(17)12(21)20-14(23)19-10/h2-4,6H,5,17H2,1H3,(H,18,22)(H2,19,20,21,23). The van der Waals surface area contributed by atoms with Gasteiger partial charge in [0.05, 0.1) is 16.1 Å². The fraction of sp³-hybridized carbons (Fsp3) is 0.214. The number of hydrogen-bond acceptors (Lipinski definition) is 5. The number of para-hydroxylation sites is 1. The second-order valence-corrected chi connectivity index (χ2v) is 5.75. The van der Waals surface area contributed by atoms with Crippen LogP contribution in [0.4, 0.5) is 5.69 Å². The molecular formula is C14H14Cl2N4O4. The van der Waals surface area contributed by atoms with E-state index in [1.807, 2.05) is 4.98 Å². The van der Waals surface area contributed by atoms with Crippen LogP contribution in [-0.2, 0) is 0 Å². The van der Waals surface area contributed by atoms with E-state index in [4.69, 9.17) is 33.7 Å². The summed E-state index contributed by atoms with van der Waals surface area (Å²) in [6.45, 7) is 1.71. The maximum atomic E-state index is 12.1. The van der Waals surface area contributed by atoms with E-state index in [2.05, 4.69) is 10.3 Å². The fourth-order valence-corrected chi connectivity index (χ4v) is 2.35. The third-order valence-electron chi connectivity index (χ3n) is 2.98. The van der Waals surface area contributed by atoms with Crippen LogP contribution >= 0.6 is 23.2 Å². The monoisotopic (exact) mass is 372 g/mol. The normalized spacial score (nSPS) is 11.8. The smallest absolute Gasteiger partial charge is 0.326 e. The van der Waals surface area contributed by atoms with Crippen molar-refractivity contribution in [1.29, 1.82) is 0 Å². The summed E-state index contributed by atoms with van der Waals surface area (Å²) in [5.41, 5.74) is 3.13. The van der Waals surface area contributed by atoms with Gasteiger partial charge in [-0.1, -0.05) is 29.3 Å². The quantitative estimate of drug-likeness (QED) is 0.625. The minimum atomic E-state index is -0.837. The lowest BCUT2D eigenvalue weighted by Gasteiger charge is -2.16. The van der Waals surface area contributed by atoms with Crippen LogP contribution in [0.25, 0.3) is 0 Å². The number of ether oxygens (including phenoxy) is 1. The van der Waals surface area contributed by atoms with Gasteiger partial charge in [-0.2, -0.15) is 0 Å². The molecule has 0 saturated carbocycles. The third kappa shape index (κ3) is 4.09. The number of H-pyrrole nitrogens is 2. The van der Waals surface area contributed by atoms with Crippen molar-refractivity contribution in [3.63, 3.8) is 0 Å². The van der Waals surface area contributed by atoms with Crippen molar-refractivity contribution in [2.75, 3.05) is 12.3 Å². The van der Waals surface area contributed by atoms with Gasteiger partial charge < -0.3 is 20.8 Å². The number of halogens is 2. The molecule has 1 heterocycles. The average molecular weight is 373 g/mol. The van der Waals surface area contributed by atoms with Crippen molar-refractivity contribution in [1.82, 2.24) is 15.3 Å². The highest BCUT2D eigenvalue weighted by atomic mass is 35.5. The number of rotatable bonds is 5. The van der Waals surface area contributed by atoms with Crippen molar-refractivity contribution in [3.8, 4) is 5.75 Å². The second-order valence-electron chi connectivity index (χ2n) is 4.93. The molecule has 128 valence electrons. The minimum Gasteiger partial charge on any atom is -0.488 e. The largest absolute Gasteiger partial charge is 0.488 e. The Morgan fingerprint density at radius 3 is 2.54 bits per heavy atom. The van der Waals surface area contributed by atoms with Crippen molar-refractivity contribution >= 4 is 34.8 Å². The number of anilines is 1. The molecule has 0 aliphatic rings. The Balaban J connectivity index is 2.05. The van der Waals surface area contributed by atoms with E-state index in [9.17, 15) is 14.4 Å². The highest BCUT2D eigenvalue weighted by Gasteiger charge is 2.17. The first kappa shape index (κ1) is 17.9. The first-order valence-corrected chi connectivity index (χ1v) is 7.55. The van der Waals surface area contributed by atoms with Gasteiger partial charge >= 0.3 is 5.69 Å². The highest BCUT2D eigenvalue weighted by Crippen LogP contribution is 2.32. The lowest BCUT2D eigenvalue weighted by molar-refractivity contribution is 0.0922. The zero-order valence-corrected chi connectivity index (χ0v) is 14.0.